The van der Waals surface area contributed by atoms with Gasteiger partial charge in [-0.15, -0.1) is 0 Å². The van der Waals surface area contributed by atoms with Gasteiger partial charge in [-0.2, -0.15) is 0 Å². The lowest BCUT2D eigenvalue weighted by atomic mass is 9.96. The van der Waals surface area contributed by atoms with Gasteiger partial charge in [-0.05, 0) is 25.0 Å². The van der Waals surface area contributed by atoms with Gasteiger partial charge in [-0.1, -0.05) is 31.4 Å². The molecule has 1 aromatic carbocycles. The van der Waals surface area contributed by atoms with E-state index < -0.39 is 0 Å². The molecule has 7 nitrogen and oxygen atoms in total. The fourth-order valence-electron chi connectivity index (χ4n) is 4.17. The second kappa shape index (κ2) is 9.11. The Bertz CT molecular complexity index is 812. The number of piperazine rings is 1. The molecule has 2 aliphatic rings. The van der Waals surface area contributed by atoms with E-state index in [-0.39, 0.29) is 5.91 Å². The minimum Gasteiger partial charge on any atom is -0.495 e. The summed E-state index contributed by atoms with van der Waals surface area (Å²) in [4.78, 5) is 25.7. The highest BCUT2D eigenvalue weighted by molar-refractivity contribution is 5.92. The number of carbonyl (C=O) groups is 1. The number of methoxy groups -OCH3 is 1. The van der Waals surface area contributed by atoms with Crippen LogP contribution in [0.25, 0.3) is 0 Å². The highest BCUT2D eigenvalue weighted by atomic mass is 16.5. The van der Waals surface area contributed by atoms with Crippen LogP contribution >= 0.6 is 0 Å². The van der Waals surface area contributed by atoms with Crippen molar-refractivity contribution in [3.05, 3.63) is 42.4 Å². The van der Waals surface area contributed by atoms with Crippen LogP contribution in [-0.4, -0.2) is 60.1 Å². The number of para-hydroxylation sites is 2. The molecular weight excluding hydrogens is 366 g/mol. The van der Waals surface area contributed by atoms with Crippen molar-refractivity contribution < 1.29 is 9.53 Å². The summed E-state index contributed by atoms with van der Waals surface area (Å²) >= 11 is 0. The van der Waals surface area contributed by atoms with E-state index in [0.29, 0.717) is 24.8 Å². The van der Waals surface area contributed by atoms with Gasteiger partial charge in [0.2, 0.25) is 0 Å². The van der Waals surface area contributed by atoms with Crippen molar-refractivity contribution in [3.63, 3.8) is 0 Å². The summed E-state index contributed by atoms with van der Waals surface area (Å²) in [5, 5.41) is 3.44. The summed E-state index contributed by atoms with van der Waals surface area (Å²) in [7, 11) is 1.68. The number of benzene rings is 1. The van der Waals surface area contributed by atoms with Gasteiger partial charge in [0.15, 0.2) is 0 Å². The first kappa shape index (κ1) is 19.5. The Morgan fingerprint density at radius 1 is 1.03 bits per heavy atom. The number of aromatic nitrogens is 2. The first-order valence-corrected chi connectivity index (χ1v) is 10.5. The molecule has 4 rings (SSSR count). The average molecular weight is 396 g/mol. The topological polar surface area (TPSA) is 70.6 Å². The Morgan fingerprint density at radius 2 is 1.79 bits per heavy atom. The number of nitrogens with one attached hydrogen (secondary N) is 1. The quantitative estimate of drug-likeness (QED) is 0.838. The SMILES string of the molecule is COc1ccccc1N1CCN(C(=O)c2cnc(NC3CCCCC3)cn2)CC1. The lowest BCUT2D eigenvalue weighted by Crippen LogP contribution is -2.49. The summed E-state index contributed by atoms with van der Waals surface area (Å²) in [5.74, 6) is 1.56. The smallest absolute Gasteiger partial charge is 0.274 e. The molecule has 1 amide bonds. The number of rotatable bonds is 5. The summed E-state index contributed by atoms with van der Waals surface area (Å²) in [6.45, 7) is 2.84. The Labute approximate surface area is 172 Å². The lowest BCUT2D eigenvalue weighted by Gasteiger charge is -2.36. The van der Waals surface area contributed by atoms with E-state index in [1.807, 2.05) is 23.1 Å². The molecule has 0 atom stereocenters. The van der Waals surface area contributed by atoms with Gasteiger partial charge in [0.1, 0.15) is 17.3 Å². The Kier molecular flexibility index (Phi) is 6.12. The summed E-state index contributed by atoms with van der Waals surface area (Å²) < 4.78 is 5.46. The monoisotopic (exact) mass is 395 g/mol. The average Bonchev–Trinajstić information content (AvgIpc) is 2.80. The minimum atomic E-state index is -0.0543. The van der Waals surface area contributed by atoms with Gasteiger partial charge >= 0.3 is 0 Å². The maximum absolute atomic E-state index is 12.8. The van der Waals surface area contributed by atoms with Crippen LogP contribution in [0.2, 0.25) is 0 Å². The third-order valence-corrected chi connectivity index (χ3v) is 5.82. The molecule has 1 N–H and O–H groups in total. The first-order valence-electron chi connectivity index (χ1n) is 10.5. The van der Waals surface area contributed by atoms with Crippen LogP contribution in [0.1, 0.15) is 42.6 Å². The number of amides is 1. The van der Waals surface area contributed by atoms with Crippen LogP contribution in [0.3, 0.4) is 0 Å². The zero-order valence-corrected chi connectivity index (χ0v) is 17.0. The number of anilines is 2. The second-order valence-electron chi connectivity index (χ2n) is 7.72. The van der Waals surface area contributed by atoms with Crippen molar-refractivity contribution in [2.75, 3.05) is 43.5 Å². The van der Waals surface area contributed by atoms with Gasteiger partial charge in [0.05, 0.1) is 25.2 Å². The molecule has 1 aliphatic heterocycles. The molecular formula is C22H29N5O2. The van der Waals surface area contributed by atoms with E-state index in [4.69, 9.17) is 4.74 Å². The van der Waals surface area contributed by atoms with E-state index in [1.54, 1.807) is 19.5 Å². The zero-order valence-electron chi connectivity index (χ0n) is 17.0. The lowest BCUT2D eigenvalue weighted by molar-refractivity contribution is 0.0740. The van der Waals surface area contributed by atoms with E-state index in [1.165, 1.54) is 32.1 Å². The third-order valence-electron chi connectivity index (χ3n) is 5.82. The van der Waals surface area contributed by atoms with Crippen LogP contribution in [-0.2, 0) is 0 Å². The van der Waals surface area contributed by atoms with Crippen molar-refractivity contribution in [1.29, 1.82) is 0 Å². The number of ether oxygens (including phenoxy) is 1. The number of hydrogen-bond donors (Lipinski definition) is 1. The Balaban J connectivity index is 1.33. The van der Waals surface area contributed by atoms with Crippen LogP contribution in [0.4, 0.5) is 11.5 Å². The number of hydrogen-bond acceptors (Lipinski definition) is 6. The highest BCUT2D eigenvalue weighted by Gasteiger charge is 2.24. The molecule has 29 heavy (non-hydrogen) atoms. The minimum absolute atomic E-state index is 0.0543. The van der Waals surface area contributed by atoms with Gasteiger partial charge < -0.3 is 19.9 Å². The molecule has 1 saturated carbocycles. The normalized spacial score (nSPS) is 17.8. The maximum atomic E-state index is 12.8. The molecule has 0 unspecified atom stereocenters. The van der Waals surface area contributed by atoms with Gasteiger partial charge in [-0.25, -0.2) is 9.97 Å². The maximum Gasteiger partial charge on any atom is 0.274 e. The van der Waals surface area contributed by atoms with E-state index >= 15 is 0 Å². The standard InChI is InChI=1S/C22H29N5O2/c1-29-20-10-6-5-9-19(20)26-11-13-27(14-12-26)22(28)18-15-24-21(16-23-18)25-17-7-3-2-4-8-17/h5-6,9-10,15-17H,2-4,7-8,11-14H2,1H3,(H,24,25). The second-order valence-corrected chi connectivity index (χ2v) is 7.72. The highest BCUT2D eigenvalue weighted by Crippen LogP contribution is 2.28. The van der Waals surface area contributed by atoms with Crippen LogP contribution in [0.5, 0.6) is 5.75 Å². The van der Waals surface area contributed by atoms with Gasteiger partial charge in [0, 0.05) is 32.2 Å². The molecule has 2 heterocycles. The molecule has 154 valence electrons. The number of nitrogens with zero attached hydrogens (tertiary/aromatic N) is 4. The summed E-state index contributed by atoms with van der Waals surface area (Å²) in [6.07, 6.45) is 9.50. The van der Waals surface area contributed by atoms with Gasteiger partial charge in [0.25, 0.3) is 5.91 Å². The van der Waals surface area contributed by atoms with Crippen molar-refractivity contribution >= 4 is 17.4 Å². The fourth-order valence-corrected chi connectivity index (χ4v) is 4.17. The van der Waals surface area contributed by atoms with Gasteiger partial charge in [-0.3, -0.25) is 4.79 Å². The number of carbonyl (C=O) groups excluding carboxylic acids is 1. The Morgan fingerprint density at radius 3 is 2.48 bits per heavy atom. The molecule has 7 heteroatoms. The predicted octanol–water partition coefficient (Wildman–Crippen LogP) is 3.19. The van der Waals surface area contributed by atoms with Crippen LogP contribution in [0.15, 0.2) is 36.7 Å². The van der Waals surface area contributed by atoms with Crippen LogP contribution in [0, 0.1) is 0 Å². The molecule has 0 bridgehead atoms. The van der Waals surface area contributed by atoms with E-state index in [9.17, 15) is 4.79 Å². The van der Waals surface area contributed by atoms with Crippen molar-refractivity contribution in [3.8, 4) is 5.75 Å². The fraction of sp³-hybridized carbons (Fsp3) is 0.500. The molecule has 2 fully saturated rings. The molecule has 1 aromatic heterocycles. The molecule has 0 spiro atoms. The molecule has 2 aromatic rings. The summed E-state index contributed by atoms with van der Waals surface area (Å²) in [5.41, 5.74) is 1.48. The third kappa shape index (κ3) is 4.60. The summed E-state index contributed by atoms with van der Waals surface area (Å²) in [6, 6.07) is 8.47. The largest absolute Gasteiger partial charge is 0.495 e. The van der Waals surface area contributed by atoms with Crippen molar-refractivity contribution in [2.24, 2.45) is 0 Å². The predicted molar refractivity (Wildman–Crippen MR) is 114 cm³/mol. The Hall–Kier alpha value is -2.83. The zero-order chi connectivity index (χ0) is 20.1. The molecule has 1 aliphatic carbocycles. The molecule has 1 saturated heterocycles. The molecule has 0 radical (unpaired) electrons. The van der Waals surface area contributed by atoms with Crippen LogP contribution < -0.4 is 15.0 Å². The van der Waals surface area contributed by atoms with E-state index in [2.05, 4.69) is 26.3 Å². The van der Waals surface area contributed by atoms with Crippen molar-refractivity contribution in [1.82, 2.24) is 14.9 Å². The van der Waals surface area contributed by atoms with E-state index in [0.717, 1.165) is 30.3 Å². The van der Waals surface area contributed by atoms with Crippen molar-refractivity contribution in [2.45, 2.75) is 38.1 Å². The first-order chi connectivity index (χ1) is 14.2.